The van der Waals surface area contributed by atoms with E-state index in [1.165, 1.54) is 30.3 Å². The fourth-order valence-electron chi connectivity index (χ4n) is 7.18. The number of rotatable bonds is 6. The normalized spacial score (nSPS) is 19.0. The van der Waals surface area contributed by atoms with Gasteiger partial charge in [0, 0.05) is 17.2 Å². The molecule has 2 aliphatic heterocycles. The van der Waals surface area contributed by atoms with Crippen LogP contribution in [0.3, 0.4) is 0 Å². The summed E-state index contributed by atoms with van der Waals surface area (Å²) in [4.78, 5) is 0. The van der Waals surface area contributed by atoms with Gasteiger partial charge in [0.25, 0.3) is 0 Å². The zero-order valence-corrected chi connectivity index (χ0v) is 26.9. The molecule has 8 rings (SSSR count). The highest BCUT2D eigenvalue weighted by molar-refractivity contribution is 5.73. The quantitative estimate of drug-likeness (QED) is 0.0858. The number of hydrogen-bond acceptors (Lipinski definition) is 9. The standard InChI is InChI=1S/C42H32O9/c43-28-9-3-22(4-10-28)1-2-23-15-33(48)39-35(16-23)50-42(25-7-13-30(45)14-8-25)38(39)27-19-34(49)40-36(20-27)51-41(24-5-11-29(44)12-6-24)37(40)26-17-31(46)21-32(47)18-26/h1-21,37-38,41-49H/b2-1+/t37-,38+,41+,42+/m1/s1. The minimum atomic E-state index is -0.695. The van der Waals surface area contributed by atoms with Crippen molar-refractivity contribution in [1.29, 1.82) is 0 Å². The average Bonchev–Trinajstić information content (AvgIpc) is 3.68. The van der Waals surface area contributed by atoms with E-state index < -0.39 is 24.0 Å². The van der Waals surface area contributed by atoms with Gasteiger partial charge in [-0.1, -0.05) is 48.6 Å². The summed E-state index contributed by atoms with van der Waals surface area (Å²) in [5.41, 5.74) is 5.01. The summed E-state index contributed by atoms with van der Waals surface area (Å²) >= 11 is 0. The first-order chi connectivity index (χ1) is 24.6. The van der Waals surface area contributed by atoms with E-state index in [2.05, 4.69) is 0 Å². The molecule has 9 nitrogen and oxygen atoms in total. The van der Waals surface area contributed by atoms with Gasteiger partial charge in [-0.05, 0) is 106 Å². The second kappa shape index (κ2) is 12.3. The number of benzene rings is 6. The molecule has 0 unspecified atom stereocenters. The summed E-state index contributed by atoms with van der Waals surface area (Å²) in [5.74, 6) is -0.540. The lowest BCUT2D eigenvalue weighted by Gasteiger charge is -2.22. The second-order valence-electron chi connectivity index (χ2n) is 12.8. The van der Waals surface area contributed by atoms with Crippen LogP contribution in [0.25, 0.3) is 12.2 Å². The molecule has 0 aliphatic carbocycles. The molecule has 6 aromatic rings. The van der Waals surface area contributed by atoms with Crippen molar-refractivity contribution >= 4 is 12.2 Å². The van der Waals surface area contributed by atoms with Crippen LogP contribution in [0.15, 0.2) is 115 Å². The van der Waals surface area contributed by atoms with Gasteiger partial charge in [0.05, 0.1) is 11.8 Å². The Morgan fingerprint density at radius 3 is 1.33 bits per heavy atom. The van der Waals surface area contributed by atoms with E-state index in [4.69, 9.17) is 9.47 Å². The molecular formula is C42H32O9. The summed E-state index contributed by atoms with van der Waals surface area (Å²) in [7, 11) is 0. The Kier molecular flexibility index (Phi) is 7.60. The minimum absolute atomic E-state index is 0.0138. The molecule has 4 atom stereocenters. The van der Waals surface area contributed by atoms with Crippen LogP contribution in [-0.2, 0) is 0 Å². The highest BCUT2D eigenvalue weighted by Crippen LogP contribution is 2.58. The molecule has 2 aliphatic rings. The lowest BCUT2D eigenvalue weighted by atomic mass is 9.81. The molecule has 0 spiro atoms. The smallest absolute Gasteiger partial charge is 0.135 e. The highest BCUT2D eigenvalue weighted by atomic mass is 16.5. The molecule has 0 amide bonds. The van der Waals surface area contributed by atoms with Crippen molar-refractivity contribution in [3.8, 4) is 51.7 Å². The molecule has 0 radical (unpaired) electrons. The van der Waals surface area contributed by atoms with Crippen molar-refractivity contribution < 1.29 is 45.2 Å². The summed E-state index contributed by atoms with van der Waals surface area (Å²) in [6, 6.07) is 31.0. The SMILES string of the molecule is Oc1ccc(/C=C/c2cc(O)c3c(c2)O[C@@H](c2ccc(O)cc2)[C@H]3c2cc(O)c3c(c2)O[C@@H](c2ccc(O)cc2)[C@@H]3c2cc(O)cc(O)c2)cc1. The number of phenols is 7. The third-order valence-corrected chi connectivity index (χ3v) is 9.47. The Balaban J connectivity index is 1.24. The number of phenolic OH excluding ortho intramolecular Hbond substituents is 7. The van der Waals surface area contributed by atoms with Crippen LogP contribution < -0.4 is 9.47 Å². The molecule has 7 N–H and O–H groups in total. The molecule has 0 bridgehead atoms. The zero-order valence-electron chi connectivity index (χ0n) is 26.9. The average molecular weight is 681 g/mol. The van der Waals surface area contributed by atoms with Gasteiger partial charge in [-0.2, -0.15) is 0 Å². The van der Waals surface area contributed by atoms with Crippen molar-refractivity contribution in [2.24, 2.45) is 0 Å². The van der Waals surface area contributed by atoms with E-state index in [1.807, 2.05) is 18.2 Å². The lowest BCUT2D eigenvalue weighted by Crippen LogP contribution is -2.11. The lowest BCUT2D eigenvalue weighted by molar-refractivity contribution is 0.218. The van der Waals surface area contributed by atoms with E-state index in [0.717, 1.165) is 11.1 Å². The minimum Gasteiger partial charge on any atom is -0.508 e. The summed E-state index contributed by atoms with van der Waals surface area (Å²) in [6.45, 7) is 0. The molecule has 6 aromatic carbocycles. The van der Waals surface area contributed by atoms with Gasteiger partial charge in [-0.25, -0.2) is 0 Å². The van der Waals surface area contributed by atoms with Gasteiger partial charge in [-0.15, -0.1) is 0 Å². The highest BCUT2D eigenvalue weighted by Gasteiger charge is 2.43. The topological polar surface area (TPSA) is 160 Å². The second-order valence-corrected chi connectivity index (χ2v) is 12.8. The summed E-state index contributed by atoms with van der Waals surface area (Å²) < 4.78 is 13.1. The van der Waals surface area contributed by atoms with Crippen LogP contribution >= 0.6 is 0 Å². The van der Waals surface area contributed by atoms with E-state index >= 15 is 0 Å². The summed E-state index contributed by atoms with van der Waals surface area (Å²) in [6.07, 6.45) is 2.33. The predicted octanol–water partition coefficient (Wildman–Crippen LogP) is 8.33. The van der Waals surface area contributed by atoms with Gasteiger partial charge in [0.15, 0.2) is 0 Å². The first-order valence-corrected chi connectivity index (χ1v) is 16.3. The van der Waals surface area contributed by atoms with Gasteiger partial charge < -0.3 is 45.2 Å². The van der Waals surface area contributed by atoms with Crippen LogP contribution in [0.5, 0.6) is 51.7 Å². The van der Waals surface area contributed by atoms with Crippen LogP contribution in [0.4, 0.5) is 0 Å². The largest absolute Gasteiger partial charge is 0.508 e. The summed E-state index contributed by atoms with van der Waals surface area (Å²) in [5, 5.41) is 73.8. The third kappa shape index (κ3) is 5.84. The van der Waals surface area contributed by atoms with Crippen molar-refractivity contribution in [3.63, 3.8) is 0 Å². The number of aromatic hydroxyl groups is 7. The molecule has 0 saturated heterocycles. The van der Waals surface area contributed by atoms with E-state index in [0.29, 0.717) is 44.9 Å². The van der Waals surface area contributed by atoms with E-state index in [9.17, 15) is 35.7 Å². The molecule has 0 aromatic heterocycles. The molecular weight excluding hydrogens is 648 g/mol. The molecule has 9 heteroatoms. The van der Waals surface area contributed by atoms with Gasteiger partial charge in [0.2, 0.25) is 0 Å². The fourth-order valence-corrected chi connectivity index (χ4v) is 7.18. The molecule has 51 heavy (non-hydrogen) atoms. The zero-order chi connectivity index (χ0) is 35.4. The Labute approximate surface area is 292 Å². The fraction of sp³-hybridized carbons (Fsp3) is 0.0952. The number of ether oxygens (including phenoxy) is 2. The Hall–Kier alpha value is -6.74. The van der Waals surface area contributed by atoms with Gasteiger partial charge >= 0.3 is 0 Å². The number of fused-ring (bicyclic) bond motifs is 2. The van der Waals surface area contributed by atoms with Crippen LogP contribution in [0, 0.1) is 0 Å². The maximum Gasteiger partial charge on any atom is 0.135 e. The van der Waals surface area contributed by atoms with Crippen molar-refractivity contribution in [2.45, 2.75) is 24.0 Å². The van der Waals surface area contributed by atoms with Crippen LogP contribution in [0.2, 0.25) is 0 Å². The maximum atomic E-state index is 11.8. The van der Waals surface area contributed by atoms with E-state index in [1.54, 1.807) is 78.9 Å². The Morgan fingerprint density at radius 2 is 0.804 bits per heavy atom. The molecule has 2 heterocycles. The third-order valence-electron chi connectivity index (χ3n) is 9.47. The first-order valence-electron chi connectivity index (χ1n) is 16.3. The van der Waals surface area contributed by atoms with Gasteiger partial charge in [0.1, 0.15) is 64.0 Å². The van der Waals surface area contributed by atoms with Crippen LogP contribution in [0.1, 0.15) is 68.6 Å². The Bertz CT molecular complexity index is 2270. The molecule has 254 valence electrons. The van der Waals surface area contributed by atoms with Crippen LogP contribution in [-0.4, -0.2) is 35.7 Å². The van der Waals surface area contributed by atoms with Crippen molar-refractivity contribution in [3.05, 3.63) is 160 Å². The monoisotopic (exact) mass is 680 g/mol. The van der Waals surface area contributed by atoms with Gasteiger partial charge in [-0.3, -0.25) is 0 Å². The first kappa shape index (κ1) is 31.5. The maximum absolute atomic E-state index is 11.8. The van der Waals surface area contributed by atoms with E-state index in [-0.39, 0.29) is 40.2 Å². The Morgan fingerprint density at radius 1 is 0.373 bits per heavy atom. The molecule has 0 fully saturated rings. The molecule has 0 saturated carbocycles. The predicted molar refractivity (Wildman–Crippen MR) is 190 cm³/mol. The van der Waals surface area contributed by atoms with Crippen molar-refractivity contribution in [1.82, 2.24) is 0 Å². The number of hydrogen-bond donors (Lipinski definition) is 7. The van der Waals surface area contributed by atoms with Crippen molar-refractivity contribution in [2.75, 3.05) is 0 Å².